The second-order valence-electron chi connectivity index (χ2n) is 7.94. The number of hydrogen-bond donors (Lipinski definition) is 1. The Hall–Kier alpha value is -4.05. The van der Waals surface area contributed by atoms with Gasteiger partial charge in [-0.05, 0) is 36.8 Å². The highest BCUT2D eigenvalue weighted by Crippen LogP contribution is 2.28. The van der Waals surface area contributed by atoms with E-state index in [9.17, 15) is 10.1 Å². The molecule has 0 atom stereocenters. The molecular weight excluding hydrogens is 456 g/mol. The summed E-state index contributed by atoms with van der Waals surface area (Å²) in [4.78, 5) is 33.0. The molecular formula is C23H21ClN8O2. The molecule has 1 fully saturated rings. The Morgan fingerprint density at radius 1 is 0.971 bits per heavy atom. The number of benzene rings is 2. The molecule has 3 heterocycles. The van der Waals surface area contributed by atoms with Crippen molar-refractivity contribution in [1.82, 2.24) is 19.9 Å². The molecule has 34 heavy (non-hydrogen) atoms. The van der Waals surface area contributed by atoms with E-state index in [4.69, 9.17) is 16.6 Å². The third-order valence-corrected chi connectivity index (χ3v) is 6.15. The number of anilines is 4. The summed E-state index contributed by atoms with van der Waals surface area (Å²) in [6.45, 7) is 4.80. The molecule has 0 amide bonds. The summed E-state index contributed by atoms with van der Waals surface area (Å²) < 4.78 is 0. The lowest BCUT2D eigenvalue weighted by Gasteiger charge is -2.36. The summed E-state index contributed by atoms with van der Waals surface area (Å²) in [6.07, 6.45) is 3.22. The van der Waals surface area contributed by atoms with Crippen LogP contribution in [-0.4, -0.2) is 51.0 Å². The predicted molar refractivity (Wildman–Crippen MR) is 132 cm³/mol. The molecule has 0 radical (unpaired) electrons. The zero-order chi connectivity index (χ0) is 23.7. The summed E-state index contributed by atoms with van der Waals surface area (Å²) in [5.74, 6) is 1.13. The van der Waals surface area contributed by atoms with Crippen molar-refractivity contribution in [3.8, 4) is 0 Å². The number of nitrogens with zero attached hydrogens (tertiary/aromatic N) is 7. The number of fused-ring (bicyclic) bond motifs is 1. The van der Waals surface area contributed by atoms with Crippen molar-refractivity contribution in [2.75, 3.05) is 41.3 Å². The van der Waals surface area contributed by atoms with Crippen LogP contribution in [0.25, 0.3) is 11.2 Å². The van der Waals surface area contributed by atoms with Crippen LogP contribution in [0.15, 0.2) is 54.9 Å². The van der Waals surface area contributed by atoms with E-state index in [2.05, 4.69) is 30.1 Å². The molecule has 0 bridgehead atoms. The minimum atomic E-state index is -0.391. The summed E-state index contributed by atoms with van der Waals surface area (Å²) in [7, 11) is 0. The minimum absolute atomic E-state index is 0.0861. The molecule has 0 spiro atoms. The maximum Gasteiger partial charge on any atom is 0.269 e. The first-order chi connectivity index (χ1) is 16.5. The second-order valence-corrected chi connectivity index (χ2v) is 8.34. The van der Waals surface area contributed by atoms with E-state index in [0.29, 0.717) is 41.0 Å². The molecule has 1 aliphatic rings. The molecule has 11 heteroatoms. The molecule has 2 aromatic heterocycles. The van der Waals surface area contributed by atoms with Crippen molar-refractivity contribution >= 4 is 51.6 Å². The number of aryl methyl sites for hydroxylation is 1. The van der Waals surface area contributed by atoms with Gasteiger partial charge in [0.05, 0.1) is 4.92 Å². The Morgan fingerprint density at radius 2 is 1.68 bits per heavy atom. The van der Waals surface area contributed by atoms with Crippen molar-refractivity contribution in [3.63, 3.8) is 0 Å². The summed E-state index contributed by atoms with van der Waals surface area (Å²) in [5.41, 5.74) is 3.91. The van der Waals surface area contributed by atoms with Crippen molar-refractivity contribution in [2.24, 2.45) is 0 Å². The van der Waals surface area contributed by atoms with Crippen LogP contribution in [0.5, 0.6) is 0 Å². The number of halogens is 1. The Kier molecular flexibility index (Phi) is 5.81. The van der Waals surface area contributed by atoms with Crippen LogP contribution in [0.3, 0.4) is 0 Å². The van der Waals surface area contributed by atoms with E-state index in [1.54, 1.807) is 24.5 Å². The van der Waals surface area contributed by atoms with Gasteiger partial charge in [0.15, 0.2) is 17.0 Å². The fourth-order valence-corrected chi connectivity index (χ4v) is 4.02. The first-order valence-electron chi connectivity index (χ1n) is 10.7. The molecule has 1 saturated heterocycles. The second kappa shape index (κ2) is 9.06. The van der Waals surface area contributed by atoms with Crippen LogP contribution < -0.4 is 15.1 Å². The van der Waals surface area contributed by atoms with E-state index < -0.39 is 4.92 Å². The van der Waals surface area contributed by atoms with Crippen LogP contribution >= 0.6 is 11.6 Å². The zero-order valence-electron chi connectivity index (χ0n) is 18.3. The Labute approximate surface area is 200 Å². The summed E-state index contributed by atoms with van der Waals surface area (Å²) in [6, 6.07) is 12.4. The van der Waals surface area contributed by atoms with Gasteiger partial charge >= 0.3 is 0 Å². The van der Waals surface area contributed by atoms with E-state index >= 15 is 0 Å². The van der Waals surface area contributed by atoms with Gasteiger partial charge in [-0.1, -0.05) is 17.7 Å². The van der Waals surface area contributed by atoms with Gasteiger partial charge < -0.3 is 15.1 Å². The van der Waals surface area contributed by atoms with Crippen LogP contribution in [-0.2, 0) is 0 Å². The van der Waals surface area contributed by atoms with Gasteiger partial charge in [-0.2, -0.15) is 9.97 Å². The van der Waals surface area contributed by atoms with Gasteiger partial charge in [0.25, 0.3) is 5.69 Å². The number of aromatic nitrogens is 4. The van der Waals surface area contributed by atoms with Crippen molar-refractivity contribution in [2.45, 2.75) is 6.92 Å². The summed E-state index contributed by atoms with van der Waals surface area (Å²) >= 11 is 6.29. The minimum Gasteiger partial charge on any atom is -0.368 e. The molecule has 5 rings (SSSR count). The smallest absolute Gasteiger partial charge is 0.269 e. The number of nitro groups is 1. The van der Waals surface area contributed by atoms with Crippen LogP contribution in [0.2, 0.25) is 5.02 Å². The Bertz CT molecular complexity index is 1360. The predicted octanol–water partition coefficient (Wildman–Crippen LogP) is 4.36. The van der Waals surface area contributed by atoms with E-state index in [1.807, 2.05) is 25.1 Å². The lowest BCUT2D eigenvalue weighted by atomic mass is 10.2. The lowest BCUT2D eigenvalue weighted by molar-refractivity contribution is -0.384. The maximum absolute atomic E-state index is 10.9. The third kappa shape index (κ3) is 4.40. The zero-order valence-corrected chi connectivity index (χ0v) is 19.1. The Balaban J connectivity index is 1.37. The number of nitro benzene ring substituents is 1. The number of nitrogens with one attached hydrogen (secondary N) is 1. The largest absolute Gasteiger partial charge is 0.368 e. The van der Waals surface area contributed by atoms with E-state index in [0.717, 1.165) is 30.0 Å². The number of piperazine rings is 1. The maximum atomic E-state index is 10.9. The number of rotatable bonds is 5. The SMILES string of the molecule is Cc1ccc(Nc2nc(N3CCN(c4ccc([N+](=O)[O-])cc4)CC3)nc3nccnc23)cc1Cl. The lowest BCUT2D eigenvalue weighted by Crippen LogP contribution is -2.47. The molecule has 2 aromatic carbocycles. The first kappa shape index (κ1) is 21.8. The average molecular weight is 477 g/mol. The molecule has 10 nitrogen and oxygen atoms in total. The highest BCUT2D eigenvalue weighted by atomic mass is 35.5. The van der Waals surface area contributed by atoms with Gasteiger partial charge in [-0.15, -0.1) is 0 Å². The first-order valence-corrected chi connectivity index (χ1v) is 11.1. The normalized spacial score (nSPS) is 13.8. The average Bonchev–Trinajstić information content (AvgIpc) is 2.86. The molecule has 0 aliphatic carbocycles. The standard InChI is InChI=1S/C23H21ClN8O2/c1-15-2-3-16(14-19(15)24)27-22-20-21(26-9-8-25-20)28-23(29-22)31-12-10-30(11-13-31)17-4-6-18(7-5-17)32(33)34/h2-9,14H,10-13H2,1H3,(H,26,27,28,29). The van der Waals surface area contributed by atoms with Gasteiger partial charge in [0.1, 0.15) is 0 Å². The number of non-ortho nitro benzene ring substituents is 1. The molecule has 4 aromatic rings. The van der Waals surface area contributed by atoms with Gasteiger partial charge in [-0.25, -0.2) is 9.97 Å². The fraction of sp³-hybridized carbons (Fsp3) is 0.217. The van der Waals surface area contributed by atoms with E-state index in [1.165, 1.54) is 12.1 Å². The van der Waals surface area contributed by atoms with Crippen molar-refractivity contribution in [3.05, 3.63) is 75.6 Å². The highest BCUT2D eigenvalue weighted by Gasteiger charge is 2.22. The van der Waals surface area contributed by atoms with Crippen LogP contribution in [0, 0.1) is 17.0 Å². The van der Waals surface area contributed by atoms with Gasteiger partial charge in [-0.3, -0.25) is 10.1 Å². The molecule has 1 aliphatic heterocycles. The quantitative estimate of drug-likeness (QED) is 0.331. The highest BCUT2D eigenvalue weighted by molar-refractivity contribution is 6.31. The van der Waals surface area contributed by atoms with E-state index in [-0.39, 0.29) is 5.69 Å². The van der Waals surface area contributed by atoms with Gasteiger partial charge in [0.2, 0.25) is 5.95 Å². The molecule has 1 N–H and O–H groups in total. The molecule has 0 saturated carbocycles. The summed E-state index contributed by atoms with van der Waals surface area (Å²) in [5, 5.41) is 14.9. The van der Waals surface area contributed by atoms with Gasteiger partial charge in [0, 0.05) is 67.1 Å². The van der Waals surface area contributed by atoms with Crippen LogP contribution in [0.1, 0.15) is 5.56 Å². The molecule has 0 unspecified atom stereocenters. The van der Waals surface area contributed by atoms with Crippen molar-refractivity contribution in [1.29, 1.82) is 0 Å². The monoisotopic (exact) mass is 476 g/mol. The third-order valence-electron chi connectivity index (χ3n) is 5.74. The van der Waals surface area contributed by atoms with Crippen molar-refractivity contribution < 1.29 is 4.92 Å². The topological polar surface area (TPSA) is 113 Å². The fourth-order valence-electron chi connectivity index (χ4n) is 3.84. The number of hydrogen-bond acceptors (Lipinski definition) is 9. The Morgan fingerprint density at radius 3 is 2.38 bits per heavy atom. The van der Waals surface area contributed by atoms with Crippen LogP contribution in [0.4, 0.5) is 28.8 Å². The molecule has 172 valence electrons.